The van der Waals surface area contributed by atoms with Gasteiger partial charge < -0.3 is 10.4 Å². The zero-order valence-electron chi connectivity index (χ0n) is 8.73. The van der Waals surface area contributed by atoms with E-state index in [2.05, 4.69) is 17.2 Å². The first-order valence-electron chi connectivity index (χ1n) is 4.94. The van der Waals surface area contributed by atoms with Crippen LogP contribution in [0.2, 0.25) is 0 Å². The lowest BCUT2D eigenvalue weighted by molar-refractivity contribution is 0.163. The van der Waals surface area contributed by atoms with Crippen molar-refractivity contribution in [3.63, 3.8) is 0 Å². The Balaban J connectivity index is 2.09. The predicted molar refractivity (Wildman–Crippen MR) is 59.3 cm³/mol. The third kappa shape index (κ3) is 4.69. The molecule has 0 bridgehead atoms. The zero-order chi connectivity index (χ0) is 10.4. The van der Waals surface area contributed by atoms with Crippen molar-refractivity contribution in [3.05, 3.63) is 16.6 Å². The highest BCUT2D eigenvalue weighted by molar-refractivity contribution is 7.09. The van der Waals surface area contributed by atoms with E-state index in [0.29, 0.717) is 5.92 Å². The minimum Gasteiger partial charge on any atom is -0.393 e. The SMILES string of the molecule is CC(O)CC(C)CNCc1cncs1. The number of hydrogen-bond acceptors (Lipinski definition) is 4. The molecule has 1 aromatic heterocycles. The summed E-state index contributed by atoms with van der Waals surface area (Å²) in [4.78, 5) is 5.27. The van der Waals surface area contributed by atoms with Crippen molar-refractivity contribution in [2.45, 2.75) is 32.9 Å². The van der Waals surface area contributed by atoms with E-state index in [0.717, 1.165) is 19.5 Å². The van der Waals surface area contributed by atoms with Gasteiger partial charge in [-0.25, -0.2) is 0 Å². The lowest BCUT2D eigenvalue weighted by Gasteiger charge is -2.13. The van der Waals surface area contributed by atoms with Crippen molar-refractivity contribution in [3.8, 4) is 0 Å². The highest BCUT2D eigenvalue weighted by Crippen LogP contribution is 2.07. The van der Waals surface area contributed by atoms with Gasteiger partial charge in [-0.15, -0.1) is 11.3 Å². The highest BCUT2D eigenvalue weighted by Gasteiger charge is 2.05. The van der Waals surface area contributed by atoms with Crippen LogP contribution in [0, 0.1) is 5.92 Å². The van der Waals surface area contributed by atoms with E-state index in [4.69, 9.17) is 0 Å². The van der Waals surface area contributed by atoms with Gasteiger partial charge in [-0.05, 0) is 25.8 Å². The molecule has 2 unspecified atom stereocenters. The quantitative estimate of drug-likeness (QED) is 0.756. The zero-order valence-corrected chi connectivity index (χ0v) is 9.55. The van der Waals surface area contributed by atoms with Crippen LogP contribution in [-0.4, -0.2) is 22.7 Å². The largest absolute Gasteiger partial charge is 0.393 e. The van der Waals surface area contributed by atoms with Crippen LogP contribution in [0.4, 0.5) is 0 Å². The Labute approximate surface area is 89.2 Å². The van der Waals surface area contributed by atoms with Crippen LogP contribution >= 0.6 is 11.3 Å². The Kier molecular flexibility index (Phi) is 5.07. The molecule has 0 aliphatic carbocycles. The molecule has 0 aromatic carbocycles. The second-order valence-electron chi connectivity index (χ2n) is 3.79. The number of aromatic nitrogens is 1. The summed E-state index contributed by atoms with van der Waals surface area (Å²) in [6.45, 7) is 5.81. The summed E-state index contributed by atoms with van der Waals surface area (Å²) < 4.78 is 0. The minimum atomic E-state index is -0.199. The topological polar surface area (TPSA) is 45.1 Å². The molecule has 3 nitrogen and oxygen atoms in total. The smallest absolute Gasteiger partial charge is 0.0794 e. The van der Waals surface area contributed by atoms with E-state index in [1.54, 1.807) is 11.3 Å². The van der Waals surface area contributed by atoms with Crippen LogP contribution in [0.25, 0.3) is 0 Å². The number of nitrogens with one attached hydrogen (secondary N) is 1. The molecule has 1 heterocycles. The first kappa shape index (κ1) is 11.6. The van der Waals surface area contributed by atoms with Crippen molar-refractivity contribution in [1.82, 2.24) is 10.3 Å². The van der Waals surface area contributed by atoms with E-state index >= 15 is 0 Å². The molecule has 0 fully saturated rings. The summed E-state index contributed by atoms with van der Waals surface area (Å²) >= 11 is 1.67. The van der Waals surface area contributed by atoms with Gasteiger partial charge >= 0.3 is 0 Å². The second-order valence-corrected chi connectivity index (χ2v) is 4.76. The van der Waals surface area contributed by atoms with Gasteiger partial charge in [0, 0.05) is 17.6 Å². The van der Waals surface area contributed by atoms with Crippen molar-refractivity contribution in [2.75, 3.05) is 6.54 Å². The summed E-state index contributed by atoms with van der Waals surface area (Å²) in [6, 6.07) is 0. The number of thiazole rings is 1. The van der Waals surface area contributed by atoms with Gasteiger partial charge in [0.05, 0.1) is 11.6 Å². The molecule has 1 aromatic rings. The van der Waals surface area contributed by atoms with Crippen LogP contribution in [0.1, 0.15) is 25.1 Å². The lowest BCUT2D eigenvalue weighted by Crippen LogP contribution is -2.22. The molecule has 0 saturated heterocycles. The van der Waals surface area contributed by atoms with Crippen molar-refractivity contribution in [1.29, 1.82) is 0 Å². The van der Waals surface area contributed by atoms with Gasteiger partial charge in [0.15, 0.2) is 0 Å². The Morgan fingerprint density at radius 1 is 1.57 bits per heavy atom. The number of hydrogen-bond donors (Lipinski definition) is 2. The highest BCUT2D eigenvalue weighted by atomic mass is 32.1. The van der Waals surface area contributed by atoms with Crippen LogP contribution in [0.3, 0.4) is 0 Å². The average molecular weight is 214 g/mol. The molecule has 0 aliphatic rings. The number of nitrogens with zero attached hydrogens (tertiary/aromatic N) is 1. The van der Waals surface area contributed by atoms with Crippen LogP contribution < -0.4 is 5.32 Å². The van der Waals surface area contributed by atoms with Gasteiger partial charge in [0.2, 0.25) is 0 Å². The molecule has 2 N–H and O–H groups in total. The lowest BCUT2D eigenvalue weighted by atomic mass is 10.1. The summed E-state index contributed by atoms with van der Waals surface area (Å²) in [5, 5.41) is 12.5. The standard InChI is InChI=1S/C10H18N2OS/c1-8(3-9(2)13)4-11-5-10-6-12-7-14-10/h6-9,11,13H,3-5H2,1-2H3. The molecule has 4 heteroatoms. The van der Waals surface area contributed by atoms with Gasteiger partial charge in [-0.1, -0.05) is 6.92 Å². The maximum Gasteiger partial charge on any atom is 0.0794 e. The van der Waals surface area contributed by atoms with E-state index in [1.807, 2.05) is 18.6 Å². The van der Waals surface area contributed by atoms with E-state index in [-0.39, 0.29) is 6.10 Å². The molecule has 80 valence electrons. The summed E-state index contributed by atoms with van der Waals surface area (Å²) in [5.41, 5.74) is 1.84. The van der Waals surface area contributed by atoms with Crippen LogP contribution in [0.5, 0.6) is 0 Å². The molecule has 0 aliphatic heterocycles. The van der Waals surface area contributed by atoms with Gasteiger partial charge in [-0.2, -0.15) is 0 Å². The molecule has 1 rings (SSSR count). The number of rotatable bonds is 6. The Bertz CT molecular complexity index is 236. The maximum absolute atomic E-state index is 9.17. The van der Waals surface area contributed by atoms with Crippen LogP contribution in [0.15, 0.2) is 11.7 Å². The molecule has 0 saturated carbocycles. The predicted octanol–water partition coefficient (Wildman–Crippen LogP) is 1.64. The number of aliphatic hydroxyl groups excluding tert-OH is 1. The van der Waals surface area contributed by atoms with E-state index in [1.165, 1.54) is 4.88 Å². The Morgan fingerprint density at radius 2 is 2.36 bits per heavy atom. The maximum atomic E-state index is 9.17. The third-order valence-corrected chi connectivity index (χ3v) is 2.80. The van der Waals surface area contributed by atoms with Gasteiger partial charge in [0.25, 0.3) is 0 Å². The molecular weight excluding hydrogens is 196 g/mol. The molecule has 0 radical (unpaired) electrons. The van der Waals surface area contributed by atoms with E-state index in [9.17, 15) is 5.11 Å². The third-order valence-electron chi connectivity index (χ3n) is 2.02. The summed E-state index contributed by atoms with van der Waals surface area (Å²) in [6.07, 6.45) is 2.54. The molecular formula is C10H18N2OS. The van der Waals surface area contributed by atoms with Crippen molar-refractivity contribution < 1.29 is 5.11 Å². The summed E-state index contributed by atoms with van der Waals surface area (Å²) in [5.74, 6) is 0.517. The monoisotopic (exact) mass is 214 g/mol. The fourth-order valence-electron chi connectivity index (χ4n) is 1.44. The average Bonchev–Trinajstić information content (AvgIpc) is 2.55. The van der Waals surface area contributed by atoms with Crippen LogP contribution in [-0.2, 0) is 6.54 Å². The Morgan fingerprint density at radius 3 is 2.93 bits per heavy atom. The first-order valence-corrected chi connectivity index (χ1v) is 5.82. The fraction of sp³-hybridized carbons (Fsp3) is 0.700. The van der Waals surface area contributed by atoms with Gasteiger partial charge in [-0.3, -0.25) is 4.98 Å². The molecule has 0 spiro atoms. The van der Waals surface area contributed by atoms with Crippen molar-refractivity contribution in [2.24, 2.45) is 5.92 Å². The first-order chi connectivity index (χ1) is 6.68. The normalized spacial score (nSPS) is 15.4. The fourth-order valence-corrected chi connectivity index (χ4v) is 2.00. The minimum absolute atomic E-state index is 0.199. The second kappa shape index (κ2) is 6.11. The number of aliphatic hydroxyl groups is 1. The molecule has 0 amide bonds. The van der Waals surface area contributed by atoms with Gasteiger partial charge in [0.1, 0.15) is 0 Å². The molecule has 2 atom stereocenters. The molecule has 14 heavy (non-hydrogen) atoms. The summed E-state index contributed by atoms with van der Waals surface area (Å²) in [7, 11) is 0. The Hall–Kier alpha value is -0.450. The van der Waals surface area contributed by atoms with E-state index < -0.39 is 0 Å². The van der Waals surface area contributed by atoms with Crippen molar-refractivity contribution >= 4 is 11.3 Å².